The fourth-order valence-corrected chi connectivity index (χ4v) is 3.77. The quantitative estimate of drug-likeness (QED) is 0.787. The van der Waals surface area contributed by atoms with Gasteiger partial charge in [0.1, 0.15) is 11.4 Å². The summed E-state index contributed by atoms with van der Waals surface area (Å²) in [6.45, 7) is 1.65. The molecule has 4 rings (SSSR count). The van der Waals surface area contributed by atoms with E-state index in [0.717, 1.165) is 36.1 Å². The van der Waals surface area contributed by atoms with Crippen molar-refractivity contribution in [2.45, 2.75) is 37.4 Å². The molecule has 1 saturated carbocycles. The fourth-order valence-electron chi connectivity index (χ4n) is 3.77. The highest BCUT2D eigenvalue weighted by molar-refractivity contribution is 6.22. The molecule has 1 aromatic heterocycles. The second kappa shape index (κ2) is 6.94. The molecule has 3 heterocycles. The van der Waals surface area contributed by atoms with E-state index in [1.807, 2.05) is 0 Å². The van der Waals surface area contributed by atoms with Gasteiger partial charge in [0.05, 0.1) is 5.56 Å². The number of nitrogens with one attached hydrogen (secondary N) is 1. The number of urea groups is 1. The van der Waals surface area contributed by atoms with E-state index >= 15 is 0 Å². The molecule has 0 bridgehead atoms. The van der Waals surface area contributed by atoms with Crippen LogP contribution >= 0.6 is 12.4 Å². The fraction of sp³-hybridized carbons (Fsp3) is 0.588. The molecule has 148 valence electrons. The third kappa shape index (κ3) is 3.38. The van der Waals surface area contributed by atoms with Gasteiger partial charge in [-0.05, 0) is 56.8 Å². The third-order valence-electron chi connectivity index (χ3n) is 5.41. The van der Waals surface area contributed by atoms with Crippen molar-refractivity contribution in [3.63, 3.8) is 0 Å². The third-order valence-corrected chi connectivity index (χ3v) is 5.41. The Kier molecular flexibility index (Phi) is 5.11. The lowest BCUT2D eigenvalue weighted by molar-refractivity contribution is -0.137. The SMILES string of the molecule is Cl.O=C1N(c2cc(C(F)(F)F)ccn2)C(=O)C2(CCNCC2)N1CC1CC1. The highest BCUT2D eigenvalue weighted by atomic mass is 35.5. The number of amides is 3. The van der Waals surface area contributed by atoms with Crippen molar-refractivity contribution in [3.05, 3.63) is 23.9 Å². The number of piperidine rings is 1. The van der Waals surface area contributed by atoms with Gasteiger partial charge in [0.15, 0.2) is 0 Å². The Hall–Kier alpha value is -1.87. The second-order valence-corrected chi connectivity index (χ2v) is 7.16. The molecule has 3 aliphatic rings. The molecule has 0 atom stereocenters. The second-order valence-electron chi connectivity index (χ2n) is 7.16. The minimum atomic E-state index is -4.57. The first-order chi connectivity index (χ1) is 12.3. The summed E-state index contributed by atoms with van der Waals surface area (Å²) < 4.78 is 39.1. The zero-order valence-electron chi connectivity index (χ0n) is 14.5. The van der Waals surface area contributed by atoms with Gasteiger partial charge in [-0.1, -0.05) is 0 Å². The van der Waals surface area contributed by atoms with E-state index in [1.165, 1.54) is 0 Å². The van der Waals surface area contributed by atoms with Crippen LogP contribution in [0.2, 0.25) is 0 Å². The molecule has 6 nitrogen and oxygen atoms in total. The molecular formula is C17H20ClF3N4O2. The van der Waals surface area contributed by atoms with Gasteiger partial charge in [-0.15, -0.1) is 12.4 Å². The number of carbonyl (C=O) groups is 2. The number of hydrogen-bond acceptors (Lipinski definition) is 4. The molecular weight excluding hydrogens is 385 g/mol. The smallest absolute Gasteiger partial charge is 0.317 e. The number of imide groups is 1. The van der Waals surface area contributed by atoms with Crippen molar-refractivity contribution < 1.29 is 22.8 Å². The number of pyridine rings is 1. The van der Waals surface area contributed by atoms with Gasteiger partial charge >= 0.3 is 12.2 Å². The van der Waals surface area contributed by atoms with E-state index in [1.54, 1.807) is 4.90 Å². The van der Waals surface area contributed by atoms with Crippen molar-refractivity contribution in [2.24, 2.45) is 5.92 Å². The first-order valence-electron chi connectivity index (χ1n) is 8.73. The van der Waals surface area contributed by atoms with Crippen LogP contribution in [0.1, 0.15) is 31.2 Å². The van der Waals surface area contributed by atoms with Crippen LogP contribution < -0.4 is 10.2 Å². The molecule has 2 saturated heterocycles. The first-order valence-corrected chi connectivity index (χ1v) is 8.73. The van der Waals surface area contributed by atoms with Crippen molar-refractivity contribution in [3.8, 4) is 0 Å². The van der Waals surface area contributed by atoms with Crippen molar-refractivity contribution in [2.75, 3.05) is 24.5 Å². The van der Waals surface area contributed by atoms with Crippen LogP contribution in [0.5, 0.6) is 0 Å². The summed E-state index contributed by atoms with van der Waals surface area (Å²) in [5.74, 6) is -0.351. The molecule has 1 aliphatic carbocycles. The molecule has 0 radical (unpaired) electrons. The number of nitrogens with zero attached hydrogens (tertiary/aromatic N) is 3. The Morgan fingerprint density at radius 1 is 1.22 bits per heavy atom. The van der Waals surface area contributed by atoms with Gasteiger partial charge in [-0.2, -0.15) is 13.2 Å². The van der Waals surface area contributed by atoms with E-state index in [0.29, 0.717) is 38.4 Å². The molecule has 10 heteroatoms. The summed E-state index contributed by atoms with van der Waals surface area (Å²) in [5, 5.41) is 3.17. The average molecular weight is 405 g/mol. The minimum absolute atomic E-state index is 0. The summed E-state index contributed by atoms with van der Waals surface area (Å²) >= 11 is 0. The van der Waals surface area contributed by atoms with Crippen LogP contribution in [0.15, 0.2) is 18.3 Å². The summed E-state index contributed by atoms with van der Waals surface area (Å²) in [5.41, 5.74) is -1.90. The van der Waals surface area contributed by atoms with Gasteiger partial charge < -0.3 is 10.2 Å². The monoisotopic (exact) mass is 404 g/mol. The topological polar surface area (TPSA) is 65.5 Å². The van der Waals surface area contributed by atoms with Gasteiger partial charge in [-0.25, -0.2) is 14.7 Å². The van der Waals surface area contributed by atoms with Gasteiger partial charge in [0.2, 0.25) is 0 Å². The lowest BCUT2D eigenvalue weighted by Gasteiger charge is -2.38. The zero-order valence-corrected chi connectivity index (χ0v) is 15.3. The van der Waals surface area contributed by atoms with Crippen LogP contribution in [0.4, 0.5) is 23.8 Å². The highest BCUT2D eigenvalue weighted by Crippen LogP contribution is 2.42. The Morgan fingerprint density at radius 3 is 2.48 bits per heavy atom. The average Bonchev–Trinajstić information content (AvgIpc) is 3.41. The summed E-state index contributed by atoms with van der Waals surface area (Å²) in [6.07, 6.45) is -0.650. The summed E-state index contributed by atoms with van der Waals surface area (Å²) in [4.78, 5) is 32.5. The largest absolute Gasteiger partial charge is 0.416 e. The van der Waals surface area contributed by atoms with Crippen LogP contribution in [-0.2, 0) is 11.0 Å². The Bertz CT molecular complexity index is 748. The molecule has 3 fully saturated rings. The highest BCUT2D eigenvalue weighted by Gasteiger charge is 2.58. The molecule has 1 aromatic rings. The zero-order chi connectivity index (χ0) is 18.5. The van der Waals surface area contributed by atoms with E-state index in [9.17, 15) is 22.8 Å². The van der Waals surface area contributed by atoms with Crippen molar-refractivity contribution in [1.29, 1.82) is 0 Å². The number of halogens is 4. The number of aromatic nitrogens is 1. The van der Waals surface area contributed by atoms with Crippen LogP contribution in [0.3, 0.4) is 0 Å². The molecule has 0 aromatic carbocycles. The van der Waals surface area contributed by atoms with Crippen molar-refractivity contribution in [1.82, 2.24) is 15.2 Å². The maximum Gasteiger partial charge on any atom is 0.416 e. The summed E-state index contributed by atoms with van der Waals surface area (Å²) in [7, 11) is 0. The van der Waals surface area contributed by atoms with Crippen LogP contribution in [0.25, 0.3) is 0 Å². The van der Waals surface area contributed by atoms with E-state index in [-0.39, 0.29) is 18.2 Å². The van der Waals surface area contributed by atoms with E-state index < -0.39 is 29.2 Å². The number of rotatable bonds is 3. The Morgan fingerprint density at radius 2 is 1.89 bits per heavy atom. The van der Waals surface area contributed by atoms with Crippen LogP contribution in [0, 0.1) is 5.92 Å². The van der Waals surface area contributed by atoms with Gasteiger partial charge in [-0.3, -0.25) is 4.79 Å². The predicted molar refractivity (Wildman–Crippen MR) is 93.6 cm³/mol. The molecule has 27 heavy (non-hydrogen) atoms. The summed E-state index contributed by atoms with van der Waals surface area (Å²) in [6, 6.07) is 1.04. The maximum atomic E-state index is 13.2. The molecule has 2 aliphatic heterocycles. The number of anilines is 1. The van der Waals surface area contributed by atoms with Gasteiger partial charge in [0.25, 0.3) is 5.91 Å². The van der Waals surface area contributed by atoms with Crippen LogP contribution in [-0.4, -0.2) is 47.0 Å². The van der Waals surface area contributed by atoms with Gasteiger partial charge in [0, 0.05) is 12.7 Å². The number of hydrogen-bond donors (Lipinski definition) is 1. The standard InChI is InChI=1S/C17H19F3N4O2.ClH/c18-17(19,20)12-3-6-22-13(9-12)24-14(25)16(4-7-21-8-5-16)23(15(24)26)10-11-1-2-11;/h3,6,9,11,21H,1-2,4-5,7-8,10H2;1H. The molecule has 1 spiro atoms. The van der Waals surface area contributed by atoms with Crippen molar-refractivity contribution >= 4 is 30.2 Å². The van der Waals surface area contributed by atoms with E-state index in [4.69, 9.17) is 0 Å². The minimum Gasteiger partial charge on any atom is -0.317 e. The number of alkyl halides is 3. The van der Waals surface area contributed by atoms with E-state index in [2.05, 4.69) is 10.3 Å². The lowest BCUT2D eigenvalue weighted by atomic mass is 9.86. The maximum absolute atomic E-state index is 13.2. The normalized spacial score (nSPS) is 22.3. The molecule has 3 amide bonds. The predicted octanol–water partition coefficient (Wildman–Crippen LogP) is 2.82. The number of carbonyl (C=O) groups excluding carboxylic acids is 2. The first kappa shape index (κ1) is 19.9. The lowest BCUT2D eigenvalue weighted by Crippen LogP contribution is -2.56. The Balaban J connectivity index is 0.00000210. The molecule has 1 N–H and O–H groups in total. The Labute approximate surface area is 160 Å². The molecule has 0 unspecified atom stereocenters.